The van der Waals surface area contributed by atoms with Crippen molar-refractivity contribution in [2.75, 3.05) is 26.4 Å². The van der Waals surface area contributed by atoms with Gasteiger partial charge >= 0.3 is 18.0 Å². The molecule has 0 saturated heterocycles. The van der Waals surface area contributed by atoms with Crippen molar-refractivity contribution in [3.63, 3.8) is 0 Å². The van der Waals surface area contributed by atoms with E-state index >= 15 is 0 Å². The van der Waals surface area contributed by atoms with Crippen molar-refractivity contribution in [3.8, 4) is 0 Å². The lowest BCUT2D eigenvalue weighted by atomic mass is 10.2. The molecule has 0 radical (unpaired) electrons. The van der Waals surface area contributed by atoms with Gasteiger partial charge in [-0.3, -0.25) is 35.3 Å². The van der Waals surface area contributed by atoms with Crippen LogP contribution in [-0.2, 0) is 33.5 Å². The van der Waals surface area contributed by atoms with Crippen molar-refractivity contribution < 1.29 is 59.1 Å². The quantitative estimate of drug-likeness (QED) is 0.0922. The van der Waals surface area contributed by atoms with Crippen molar-refractivity contribution in [3.05, 3.63) is 0 Å². The number of carbonyl (C=O) groups is 3. The SMILES string of the molecule is CC(C)(C)OC(=O)NC(CC(=O)OCCCCON(O)O)C(=O)OCCCCON(O)O. The van der Waals surface area contributed by atoms with E-state index in [0.717, 1.165) is 0 Å². The van der Waals surface area contributed by atoms with Gasteiger partial charge < -0.3 is 19.5 Å². The minimum Gasteiger partial charge on any atom is -0.466 e. The maximum Gasteiger partial charge on any atom is 0.408 e. The van der Waals surface area contributed by atoms with Crippen LogP contribution in [-0.4, -0.2) is 87.7 Å². The normalized spacial score (nSPS) is 12.5. The van der Waals surface area contributed by atoms with E-state index in [-0.39, 0.29) is 26.4 Å². The number of nitrogens with one attached hydrogen (secondary N) is 1. The first-order valence-electron chi connectivity index (χ1n) is 9.84. The minimum absolute atomic E-state index is 0.0139. The fraction of sp³-hybridized carbons (Fsp3) is 0.824. The van der Waals surface area contributed by atoms with E-state index in [1.54, 1.807) is 20.8 Å². The van der Waals surface area contributed by atoms with E-state index in [9.17, 15) is 14.4 Å². The third-order valence-corrected chi connectivity index (χ3v) is 3.34. The Kier molecular flexibility index (Phi) is 15.4. The Morgan fingerprint density at radius 2 is 1.28 bits per heavy atom. The van der Waals surface area contributed by atoms with Crippen LogP contribution in [0.5, 0.6) is 0 Å². The molecule has 32 heavy (non-hydrogen) atoms. The monoisotopic (exact) mass is 471 g/mol. The average molecular weight is 471 g/mol. The fourth-order valence-corrected chi connectivity index (χ4v) is 2.03. The van der Waals surface area contributed by atoms with E-state index < -0.39 is 46.9 Å². The summed E-state index contributed by atoms with van der Waals surface area (Å²) >= 11 is 0. The van der Waals surface area contributed by atoms with E-state index in [4.69, 9.17) is 35.0 Å². The van der Waals surface area contributed by atoms with Crippen LogP contribution in [0, 0.1) is 0 Å². The van der Waals surface area contributed by atoms with Gasteiger partial charge in [0.25, 0.3) is 0 Å². The lowest BCUT2D eigenvalue weighted by Gasteiger charge is -2.22. The fourth-order valence-electron chi connectivity index (χ4n) is 2.03. The van der Waals surface area contributed by atoms with Crippen molar-refractivity contribution in [2.45, 2.75) is 64.5 Å². The number of alkyl carbamates (subject to hydrolysis) is 1. The van der Waals surface area contributed by atoms with E-state index in [0.29, 0.717) is 25.7 Å². The van der Waals surface area contributed by atoms with E-state index in [2.05, 4.69) is 15.0 Å². The maximum atomic E-state index is 12.3. The molecule has 0 aliphatic carbocycles. The molecule has 0 fully saturated rings. The summed E-state index contributed by atoms with van der Waals surface area (Å²) in [6.07, 6.45) is -0.0323. The van der Waals surface area contributed by atoms with Crippen molar-refractivity contribution >= 4 is 18.0 Å². The molecule has 0 rings (SSSR count). The first-order chi connectivity index (χ1) is 14.9. The highest BCUT2D eigenvalue weighted by atomic mass is 17.1. The summed E-state index contributed by atoms with van der Waals surface area (Å²) in [5.74, 6) is -1.65. The molecule has 0 bridgehead atoms. The average Bonchev–Trinajstić information content (AvgIpc) is 2.64. The van der Waals surface area contributed by atoms with Gasteiger partial charge in [-0.15, -0.1) is 0 Å². The molecule has 0 spiro atoms. The van der Waals surface area contributed by atoms with Crippen LogP contribution in [0.1, 0.15) is 52.9 Å². The molecule has 0 aromatic carbocycles. The van der Waals surface area contributed by atoms with Crippen LogP contribution in [0.15, 0.2) is 0 Å². The molecule has 0 aliphatic rings. The Morgan fingerprint density at radius 3 is 1.75 bits per heavy atom. The molecule has 188 valence electrons. The van der Waals surface area contributed by atoms with Crippen LogP contribution < -0.4 is 5.32 Å². The Hall–Kier alpha value is -2.11. The number of ether oxygens (including phenoxy) is 3. The van der Waals surface area contributed by atoms with Gasteiger partial charge in [0, 0.05) is 0 Å². The van der Waals surface area contributed by atoms with E-state index in [1.165, 1.54) is 0 Å². The lowest BCUT2D eigenvalue weighted by Crippen LogP contribution is -2.45. The van der Waals surface area contributed by atoms with Gasteiger partial charge in [0.05, 0.1) is 43.6 Å². The highest BCUT2D eigenvalue weighted by Gasteiger charge is 2.28. The Bertz CT molecular complexity index is 553. The van der Waals surface area contributed by atoms with Crippen LogP contribution in [0.2, 0.25) is 0 Å². The number of unbranched alkanes of at least 4 members (excludes halogenated alkanes) is 2. The molecule has 0 aromatic heterocycles. The second kappa shape index (κ2) is 16.5. The van der Waals surface area contributed by atoms with Crippen molar-refractivity contribution in [1.29, 1.82) is 0 Å². The summed E-state index contributed by atoms with van der Waals surface area (Å²) in [6, 6.07) is -1.35. The zero-order chi connectivity index (χ0) is 24.6. The zero-order valence-corrected chi connectivity index (χ0v) is 18.4. The first-order valence-corrected chi connectivity index (χ1v) is 9.84. The predicted octanol–water partition coefficient (Wildman–Crippen LogP) is 0.941. The topological polar surface area (TPSA) is 197 Å². The largest absolute Gasteiger partial charge is 0.466 e. The Labute approximate surface area is 185 Å². The summed E-state index contributed by atoms with van der Waals surface area (Å²) in [5.41, 5.74) is -0.826. The summed E-state index contributed by atoms with van der Waals surface area (Å²) in [6.45, 7) is 4.77. The minimum atomic E-state index is -1.35. The van der Waals surface area contributed by atoms with Crippen LogP contribution >= 0.6 is 0 Å². The molecule has 0 saturated carbocycles. The highest BCUT2D eigenvalue weighted by molar-refractivity contribution is 5.86. The molecule has 1 unspecified atom stereocenters. The molecule has 1 atom stereocenters. The molecule has 0 heterocycles. The van der Waals surface area contributed by atoms with E-state index in [1.807, 2.05) is 0 Å². The number of esters is 2. The molecule has 15 nitrogen and oxygen atoms in total. The summed E-state index contributed by atoms with van der Waals surface area (Å²) < 4.78 is 15.1. The highest BCUT2D eigenvalue weighted by Crippen LogP contribution is 2.08. The lowest BCUT2D eigenvalue weighted by molar-refractivity contribution is -0.492. The molecule has 15 heteroatoms. The van der Waals surface area contributed by atoms with Gasteiger partial charge in [-0.05, 0) is 46.5 Å². The summed E-state index contributed by atoms with van der Waals surface area (Å²) in [5, 5.41) is 35.0. The van der Waals surface area contributed by atoms with Crippen LogP contribution in [0.4, 0.5) is 4.79 Å². The second-order valence-electron chi connectivity index (χ2n) is 7.38. The standard InChI is InChI=1S/C17H33N3O12/c1-17(2,3)32-16(23)18-13(15(22)29-9-5-7-11-31-20(26)27)12-14(21)28-8-4-6-10-30-19(24)25/h13,24-27H,4-12H2,1-3H3,(H,18,23). The number of carbonyl (C=O) groups excluding carboxylic acids is 3. The zero-order valence-electron chi connectivity index (χ0n) is 18.4. The molecule has 0 aliphatic heterocycles. The van der Waals surface area contributed by atoms with Gasteiger partial charge in [-0.25, -0.2) is 9.59 Å². The molecular formula is C17H33N3O12. The van der Waals surface area contributed by atoms with Gasteiger partial charge in [0.1, 0.15) is 11.6 Å². The molecule has 1 amide bonds. The van der Waals surface area contributed by atoms with Crippen LogP contribution in [0.3, 0.4) is 0 Å². The molecular weight excluding hydrogens is 438 g/mol. The summed E-state index contributed by atoms with van der Waals surface area (Å²) in [7, 11) is 0. The number of hydrogen-bond donors (Lipinski definition) is 5. The molecule has 0 aromatic rings. The smallest absolute Gasteiger partial charge is 0.408 e. The number of hydrogen-bond acceptors (Lipinski definition) is 14. The van der Waals surface area contributed by atoms with Crippen LogP contribution in [0.25, 0.3) is 0 Å². The third kappa shape index (κ3) is 18.6. The van der Waals surface area contributed by atoms with Gasteiger partial charge in [-0.2, -0.15) is 0 Å². The van der Waals surface area contributed by atoms with Crippen molar-refractivity contribution in [1.82, 2.24) is 16.1 Å². The van der Waals surface area contributed by atoms with Gasteiger partial charge in [0.15, 0.2) is 0 Å². The number of nitrogens with zero attached hydrogens (tertiary/aromatic N) is 2. The summed E-state index contributed by atoms with van der Waals surface area (Å²) in [4.78, 5) is 45.1. The molecule has 5 N–H and O–H groups in total. The first kappa shape index (κ1) is 29.9. The maximum absolute atomic E-state index is 12.3. The van der Waals surface area contributed by atoms with Crippen molar-refractivity contribution in [2.24, 2.45) is 0 Å². The predicted molar refractivity (Wildman–Crippen MR) is 101 cm³/mol. The van der Waals surface area contributed by atoms with Gasteiger partial charge in [0.2, 0.25) is 0 Å². The second-order valence-corrected chi connectivity index (χ2v) is 7.38. The van der Waals surface area contributed by atoms with Gasteiger partial charge in [-0.1, -0.05) is 0 Å². The Morgan fingerprint density at radius 1 is 0.812 bits per heavy atom. The number of rotatable bonds is 16. The number of amides is 1. The Balaban J connectivity index is 4.53. The third-order valence-electron chi connectivity index (χ3n) is 3.34.